The van der Waals surface area contributed by atoms with Gasteiger partial charge in [-0.15, -0.1) is 10.2 Å². The number of carbonyl (C=O) groups is 1. The van der Waals surface area contributed by atoms with Crippen LogP contribution >= 0.6 is 11.8 Å². The SMILES string of the molecule is CCN(C(=O)C(C)Sc1nncn1CCOC)c1ccccc1. The van der Waals surface area contributed by atoms with Crippen LogP contribution in [0.2, 0.25) is 0 Å². The summed E-state index contributed by atoms with van der Waals surface area (Å²) < 4.78 is 6.97. The second-order valence-electron chi connectivity index (χ2n) is 4.98. The molecule has 0 fully saturated rings. The van der Waals surface area contributed by atoms with Gasteiger partial charge in [-0.2, -0.15) is 0 Å². The van der Waals surface area contributed by atoms with Gasteiger partial charge in [0.1, 0.15) is 6.33 Å². The average molecular weight is 334 g/mol. The number of nitrogens with zero attached hydrogens (tertiary/aromatic N) is 4. The summed E-state index contributed by atoms with van der Waals surface area (Å²) in [5.41, 5.74) is 0.910. The van der Waals surface area contributed by atoms with Gasteiger partial charge in [0.2, 0.25) is 5.91 Å². The molecule has 0 saturated carbocycles. The van der Waals surface area contributed by atoms with E-state index in [1.807, 2.05) is 48.7 Å². The van der Waals surface area contributed by atoms with Crippen molar-refractivity contribution >= 4 is 23.4 Å². The van der Waals surface area contributed by atoms with Crippen molar-refractivity contribution in [1.82, 2.24) is 14.8 Å². The lowest BCUT2D eigenvalue weighted by atomic mass is 10.2. The first-order valence-electron chi connectivity index (χ1n) is 7.57. The molecule has 1 aromatic carbocycles. The molecule has 0 aliphatic heterocycles. The van der Waals surface area contributed by atoms with Gasteiger partial charge in [0.05, 0.1) is 11.9 Å². The summed E-state index contributed by atoms with van der Waals surface area (Å²) >= 11 is 1.42. The van der Waals surface area contributed by atoms with Crippen LogP contribution in [0.5, 0.6) is 0 Å². The van der Waals surface area contributed by atoms with E-state index in [0.717, 1.165) is 10.8 Å². The smallest absolute Gasteiger partial charge is 0.240 e. The molecule has 1 amide bonds. The highest BCUT2D eigenvalue weighted by atomic mass is 32.2. The standard InChI is InChI=1S/C16H22N4O2S/c1-4-20(14-8-6-5-7-9-14)15(21)13(2)23-16-18-17-12-19(16)10-11-22-3/h5-9,12-13H,4,10-11H2,1-3H3. The minimum absolute atomic E-state index is 0.0602. The fourth-order valence-electron chi connectivity index (χ4n) is 2.18. The minimum atomic E-state index is -0.249. The summed E-state index contributed by atoms with van der Waals surface area (Å²) in [5, 5.41) is 8.50. The quantitative estimate of drug-likeness (QED) is 0.694. The van der Waals surface area contributed by atoms with Gasteiger partial charge < -0.3 is 14.2 Å². The van der Waals surface area contributed by atoms with Crippen molar-refractivity contribution in [2.24, 2.45) is 0 Å². The van der Waals surface area contributed by atoms with Gasteiger partial charge in [0.25, 0.3) is 0 Å². The van der Waals surface area contributed by atoms with Crippen LogP contribution in [0.3, 0.4) is 0 Å². The zero-order valence-corrected chi connectivity index (χ0v) is 14.5. The van der Waals surface area contributed by atoms with E-state index in [0.29, 0.717) is 19.7 Å². The Balaban J connectivity index is 2.06. The second-order valence-corrected chi connectivity index (χ2v) is 6.29. The van der Waals surface area contributed by atoms with Crippen LogP contribution < -0.4 is 4.90 Å². The second kappa shape index (κ2) is 8.69. The van der Waals surface area contributed by atoms with E-state index < -0.39 is 0 Å². The van der Waals surface area contributed by atoms with E-state index in [-0.39, 0.29) is 11.2 Å². The third-order valence-corrected chi connectivity index (χ3v) is 4.48. The number of thioether (sulfide) groups is 1. The van der Waals surface area contributed by atoms with E-state index in [2.05, 4.69) is 10.2 Å². The Morgan fingerprint density at radius 1 is 1.39 bits per heavy atom. The van der Waals surface area contributed by atoms with Crippen molar-refractivity contribution in [3.63, 3.8) is 0 Å². The van der Waals surface area contributed by atoms with Crippen LogP contribution in [0, 0.1) is 0 Å². The van der Waals surface area contributed by atoms with Crippen molar-refractivity contribution in [2.75, 3.05) is 25.2 Å². The molecule has 1 heterocycles. The van der Waals surface area contributed by atoms with Gasteiger partial charge in [0.15, 0.2) is 5.16 Å². The van der Waals surface area contributed by atoms with E-state index >= 15 is 0 Å². The summed E-state index contributed by atoms with van der Waals surface area (Å²) in [6.45, 7) is 5.75. The Labute approximate surface area is 140 Å². The first kappa shape index (κ1) is 17.5. The highest BCUT2D eigenvalue weighted by molar-refractivity contribution is 8.00. The van der Waals surface area contributed by atoms with Crippen molar-refractivity contribution in [1.29, 1.82) is 0 Å². The number of benzene rings is 1. The van der Waals surface area contributed by atoms with Crippen molar-refractivity contribution in [2.45, 2.75) is 30.8 Å². The van der Waals surface area contributed by atoms with Gasteiger partial charge in [-0.05, 0) is 26.0 Å². The van der Waals surface area contributed by atoms with Crippen LogP contribution in [-0.4, -0.2) is 46.2 Å². The first-order valence-corrected chi connectivity index (χ1v) is 8.45. The van der Waals surface area contributed by atoms with E-state index in [4.69, 9.17) is 4.74 Å². The van der Waals surface area contributed by atoms with Gasteiger partial charge in [-0.1, -0.05) is 30.0 Å². The Bertz CT molecular complexity index is 618. The molecule has 2 rings (SSSR count). The maximum atomic E-state index is 12.7. The lowest BCUT2D eigenvalue weighted by molar-refractivity contribution is -0.117. The van der Waals surface area contributed by atoms with E-state index in [1.54, 1.807) is 18.3 Å². The van der Waals surface area contributed by atoms with Crippen molar-refractivity contribution in [3.8, 4) is 0 Å². The largest absolute Gasteiger partial charge is 0.383 e. The summed E-state index contributed by atoms with van der Waals surface area (Å²) in [5.74, 6) is 0.0602. The molecule has 124 valence electrons. The number of amides is 1. The number of rotatable bonds is 8. The highest BCUT2D eigenvalue weighted by Crippen LogP contribution is 2.24. The van der Waals surface area contributed by atoms with Gasteiger partial charge in [-0.25, -0.2) is 0 Å². The lowest BCUT2D eigenvalue weighted by Crippen LogP contribution is -2.36. The average Bonchev–Trinajstić information content (AvgIpc) is 3.01. The molecule has 0 aliphatic rings. The summed E-state index contributed by atoms with van der Waals surface area (Å²) in [7, 11) is 1.66. The van der Waals surface area contributed by atoms with Crippen LogP contribution in [0.1, 0.15) is 13.8 Å². The molecule has 6 nitrogen and oxygen atoms in total. The Morgan fingerprint density at radius 2 is 2.13 bits per heavy atom. The van der Waals surface area contributed by atoms with Crippen molar-refractivity contribution in [3.05, 3.63) is 36.7 Å². The lowest BCUT2D eigenvalue weighted by Gasteiger charge is -2.24. The van der Waals surface area contributed by atoms with Gasteiger partial charge >= 0.3 is 0 Å². The number of anilines is 1. The van der Waals surface area contributed by atoms with Crippen molar-refractivity contribution < 1.29 is 9.53 Å². The van der Waals surface area contributed by atoms with E-state index in [9.17, 15) is 4.79 Å². The molecule has 0 saturated heterocycles. The molecule has 0 N–H and O–H groups in total. The number of para-hydroxylation sites is 1. The summed E-state index contributed by atoms with van der Waals surface area (Å²) in [4.78, 5) is 14.5. The maximum absolute atomic E-state index is 12.7. The number of hydrogen-bond acceptors (Lipinski definition) is 5. The molecule has 1 aromatic heterocycles. The van der Waals surface area contributed by atoms with Gasteiger partial charge in [0, 0.05) is 25.9 Å². The zero-order valence-electron chi connectivity index (χ0n) is 13.7. The number of carbonyl (C=O) groups excluding carboxylic acids is 1. The molecule has 7 heteroatoms. The number of hydrogen-bond donors (Lipinski definition) is 0. The highest BCUT2D eigenvalue weighted by Gasteiger charge is 2.23. The third kappa shape index (κ3) is 4.56. The third-order valence-electron chi connectivity index (χ3n) is 3.40. The summed E-state index contributed by atoms with van der Waals surface area (Å²) in [6.07, 6.45) is 1.66. The fourth-order valence-corrected chi connectivity index (χ4v) is 3.09. The van der Waals surface area contributed by atoms with Gasteiger partial charge in [-0.3, -0.25) is 4.79 Å². The Morgan fingerprint density at radius 3 is 2.78 bits per heavy atom. The normalized spacial score (nSPS) is 12.1. The number of ether oxygens (including phenoxy) is 1. The predicted molar refractivity (Wildman–Crippen MR) is 91.7 cm³/mol. The van der Waals surface area contributed by atoms with E-state index in [1.165, 1.54) is 11.8 Å². The molecule has 2 aromatic rings. The molecule has 0 aliphatic carbocycles. The molecule has 0 spiro atoms. The molecule has 0 radical (unpaired) electrons. The fraction of sp³-hybridized carbons (Fsp3) is 0.438. The van der Waals surface area contributed by atoms with Crippen LogP contribution in [0.25, 0.3) is 0 Å². The number of methoxy groups -OCH3 is 1. The van der Waals surface area contributed by atoms with Crippen LogP contribution in [0.4, 0.5) is 5.69 Å². The number of aromatic nitrogens is 3. The Hall–Kier alpha value is -1.86. The topological polar surface area (TPSA) is 60.2 Å². The summed E-state index contributed by atoms with van der Waals surface area (Å²) in [6, 6.07) is 9.70. The van der Waals surface area contributed by atoms with Crippen LogP contribution in [0.15, 0.2) is 41.8 Å². The Kier molecular flexibility index (Phi) is 6.61. The predicted octanol–water partition coefficient (Wildman–Crippen LogP) is 2.46. The molecule has 1 unspecified atom stereocenters. The zero-order chi connectivity index (χ0) is 16.7. The first-order chi connectivity index (χ1) is 11.2. The molecule has 0 bridgehead atoms. The maximum Gasteiger partial charge on any atom is 0.240 e. The van der Waals surface area contributed by atoms with Crippen LogP contribution in [-0.2, 0) is 16.1 Å². The molecule has 1 atom stereocenters. The monoisotopic (exact) mass is 334 g/mol. The molecule has 23 heavy (non-hydrogen) atoms. The molecular formula is C16H22N4O2S. The molecular weight excluding hydrogens is 312 g/mol. The minimum Gasteiger partial charge on any atom is -0.383 e.